The van der Waals surface area contributed by atoms with Gasteiger partial charge >= 0.3 is 0 Å². The first-order chi connectivity index (χ1) is 20.4. The fourth-order valence-corrected chi connectivity index (χ4v) is 5.51. The molecule has 0 spiro atoms. The number of carbonyl (C=O) groups excluding carboxylic acids is 1. The van der Waals surface area contributed by atoms with Gasteiger partial charge in [0.1, 0.15) is 0 Å². The van der Waals surface area contributed by atoms with E-state index in [0.717, 1.165) is 41.8 Å². The van der Waals surface area contributed by atoms with Crippen LogP contribution >= 0.6 is 0 Å². The van der Waals surface area contributed by atoms with Crippen molar-refractivity contribution < 1.29 is 19.2 Å². The lowest BCUT2D eigenvalue weighted by Crippen LogP contribution is -2.26. The molecule has 1 amide bonds. The molecule has 2 N–H and O–H groups in total. The number of nitrogens with zero attached hydrogens (tertiary/aromatic N) is 1. The molecule has 1 heterocycles. The molecule has 0 radical (unpaired) electrons. The lowest BCUT2D eigenvalue weighted by atomic mass is 9.91. The first kappa shape index (κ1) is 32.3. The summed E-state index contributed by atoms with van der Waals surface area (Å²) in [6.45, 7) is 9.56. The molecule has 1 aromatic heterocycles. The summed E-state index contributed by atoms with van der Waals surface area (Å²) >= 11 is 0. The van der Waals surface area contributed by atoms with Crippen molar-refractivity contribution in [2.24, 2.45) is 0 Å². The zero-order valence-corrected chi connectivity index (χ0v) is 25.5. The minimum Gasteiger partial charge on any atom is -0.483 e. The second kappa shape index (κ2) is 15.7. The van der Waals surface area contributed by atoms with Gasteiger partial charge in [-0.2, -0.15) is 0 Å². The van der Waals surface area contributed by atoms with Crippen molar-refractivity contribution in [3.8, 4) is 22.5 Å². The van der Waals surface area contributed by atoms with Gasteiger partial charge in [0.2, 0.25) is 5.91 Å². The number of rotatable bonds is 10. The first-order valence-electron chi connectivity index (χ1n) is 15.0. The SMILES string of the molecule is CC.CCC1(c2ccc(-c3ccc(-c4onc(C)c4C(CCCc4ccccc4)NC(C)=O)cc3)cc2)CC1.O=CO. The number of benzene rings is 3. The highest BCUT2D eigenvalue weighted by Gasteiger charge is 2.42. The molecule has 0 aliphatic heterocycles. The third-order valence-corrected chi connectivity index (χ3v) is 7.94. The number of nitrogens with one attached hydrogen (secondary N) is 1. The second-order valence-electron chi connectivity index (χ2n) is 10.5. The Kier molecular flexibility index (Phi) is 12.1. The molecule has 4 aromatic rings. The summed E-state index contributed by atoms with van der Waals surface area (Å²) in [5.41, 5.74) is 8.34. The Morgan fingerprint density at radius 3 is 2.05 bits per heavy atom. The number of aromatic nitrogens is 1. The van der Waals surface area contributed by atoms with Crippen molar-refractivity contribution >= 4 is 12.4 Å². The minimum atomic E-state index is -0.250. The van der Waals surface area contributed by atoms with E-state index in [9.17, 15) is 4.79 Å². The number of carbonyl (C=O) groups is 2. The van der Waals surface area contributed by atoms with Crippen LogP contribution in [0.1, 0.15) is 88.2 Å². The monoisotopic (exact) mass is 568 g/mol. The maximum Gasteiger partial charge on any atom is 0.290 e. The quantitative estimate of drug-likeness (QED) is 0.187. The number of amides is 1. The standard InChI is InChI=1S/C33H36N2O2.C2H6.CH2O2/c1-4-33(21-22-33)29-19-17-27(18-20-29)26-13-15-28(16-14-26)32-31(23(2)35-37-32)30(34-24(3)36)12-8-11-25-9-6-5-7-10-25;1-2;2-1-3/h5-7,9-10,13-20,30H,4,8,11-12,21-22H2,1-3H3,(H,34,36);1-2H3;1H,(H,2,3). The molecule has 1 aliphatic rings. The van der Waals surface area contributed by atoms with Gasteiger partial charge in [-0.05, 0) is 73.1 Å². The summed E-state index contributed by atoms with van der Waals surface area (Å²) in [5, 5.41) is 14.3. The van der Waals surface area contributed by atoms with E-state index in [2.05, 4.69) is 90.2 Å². The Labute approximate surface area is 250 Å². The summed E-state index contributed by atoms with van der Waals surface area (Å²) in [7, 11) is 0. The Hall–Kier alpha value is -4.19. The average molecular weight is 569 g/mol. The summed E-state index contributed by atoms with van der Waals surface area (Å²) in [6, 6.07) is 27.8. The van der Waals surface area contributed by atoms with Crippen molar-refractivity contribution in [1.29, 1.82) is 0 Å². The highest BCUT2D eigenvalue weighted by atomic mass is 16.5. The molecule has 1 atom stereocenters. The molecule has 0 bridgehead atoms. The zero-order valence-electron chi connectivity index (χ0n) is 25.5. The fourth-order valence-electron chi connectivity index (χ4n) is 5.51. The third-order valence-electron chi connectivity index (χ3n) is 7.94. The van der Waals surface area contributed by atoms with Crippen LogP contribution in [-0.4, -0.2) is 22.6 Å². The Bertz CT molecular complexity index is 1390. The predicted octanol–water partition coefficient (Wildman–Crippen LogP) is 8.69. The van der Waals surface area contributed by atoms with Gasteiger partial charge in [-0.3, -0.25) is 9.59 Å². The van der Waals surface area contributed by atoms with Crippen molar-refractivity contribution in [2.45, 2.75) is 84.6 Å². The van der Waals surface area contributed by atoms with E-state index in [0.29, 0.717) is 5.41 Å². The summed E-state index contributed by atoms with van der Waals surface area (Å²) < 4.78 is 5.83. The van der Waals surface area contributed by atoms with E-state index in [-0.39, 0.29) is 18.4 Å². The topological polar surface area (TPSA) is 92.4 Å². The summed E-state index contributed by atoms with van der Waals surface area (Å²) in [6.07, 6.45) is 6.56. The number of hydrogen-bond acceptors (Lipinski definition) is 4. The van der Waals surface area contributed by atoms with Gasteiger partial charge in [-0.15, -0.1) is 0 Å². The van der Waals surface area contributed by atoms with E-state index in [1.54, 1.807) is 6.92 Å². The van der Waals surface area contributed by atoms with Gasteiger partial charge in [0, 0.05) is 18.1 Å². The van der Waals surface area contributed by atoms with E-state index >= 15 is 0 Å². The Morgan fingerprint density at radius 1 is 0.976 bits per heavy atom. The molecule has 3 aromatic carbocycles. The van der Waals surface area contributed by atoms with Crippen LogP contribution in [0.5, 0.6) is 0 Å². The van der Waals surface area contributed by atoms with Gasteiger partial charge in [0.15, 0.2) is 5.76 Å². The van der Waals surface area contributed by atoms with Crippen molar-refractivity contribution in [3.05, 3.63) is 101 Å². The van der Waals surface area contributed by atoms with E-state index in [4.69, 9.17) is 14.4 Å². The zero-order chi connectivity index (χ0) is 30.5. The van der Waals surface area contributed by atoms with Gasteiger partial charge in [-0.25, -0.2) is 0 Å². The molecule has 1 fully saturated rings. The number of aryl methyl sites for hydroxylation is 2. The minimum absolute atomic E-state index is 0.0499. The molecular formula is C36H44N2O4. The van der Waals surface area contributed by atoms with Crippen LogP contribution < -0.4 is 5.32 Å². The number of hydrogen-bond donors (Lipinski definition) is 2. The van der Waals surface area contributed by atoms with Crippen LogP contribution in [0.2, 0.25) is 0 Å². The maximum atomic E-state index is 12.1. The summed E-state index contributed by atoms with van der Waals surface area (Å²) in [4.78, 5) is 20.5. The van der Waals surface area contributed by atoms with Crippen LogP contribution in [0.15, 0.2) is 83.4 Å². The molecule has 0 saturated heterocycles. The van der Waals surface area contributed by atoms with E-state index in [1.165, 1.54) is 41.5 Å². The molecule has 1 saturated carbocycles. The molecule has 222 valence electrons. The number of carboxylic acid groups (broad SMARTS) is 1. The van der Waals surface area contributed by atoms with E-state index in [1.807, 2.05) is 26.8 Å². The van der Waals surface area contributed by atoms with Gasteiger partial charge in [0.25, 0.3) is 6.47 Å². The van der Waals surface area contributed by atoms with Crippen molar-refractivity contribution in [3.63, 3.8) is 0 Å². The van der Waals surface area contributed by atoms with E-state index < -0.39 is 0 Å². The molecule has 42 heavy (non-hydrogen) atoms. The third kappa shape index (κ3) is 8.19. The molecule has 5 rings (SSSR count). The highest BCUT2D eigenvalue weighted by Crippen LogP contribution is 2.51. The summed E-state index contributed by atoms with van der Waals surface area (Å²) in [5.74, 6) is 0.683. The van der Waals surface area contributed by atoms with Gasteiger partial charge in [0.05, 0.1) is 11.7 Å². The Balaban J connectivity index is 0.000000910. The molecular weight excluding hydrogens is 524 g/mol. The lowest BCUT2D eigenvalue weighted by molar-refractivity contribution is -0.123. The molecule has 1 aliphatic carbocycles. The van der Waals surface area contributed by atoms with Crippen LogP contribution in [0.4, 0.5) is 0 Å². The smallest absolute Gasteiger partial charge is 0.290 e. The van der Waals surface area contributed by atoms with Crippen LogP contribution in [0, 0.1) is 6.92 Å². The van der Waals surface area contributed by atoms with Gasteiger partial charge < -0.3 is 14.9 Å². The average Bonchev–Trinajstić information content (AvgIpc) is 3.73. The normalized spacial score (nSPS) is 13.5. The van der Waals surface area contributed by atoms with Crippen LogP contribution in [-0.2, 0) is 21.4 Å². The predicted molar refractivity (Wildman–Crippen MR) is 169 cm³/mol. The highest BCUT2D eigenvalue weighted by molar-refractivity contribution is 5.75. The van der Waals surface area contributed by atoms with Crippen LogP contribution in [0.3, 0.4) is 0 Å². The van der Waals surface area contributed by atoms with Crippen molar-refractivity contribution in [1.82, 2.24) is 10.5 Å². The fraction of sp³-hybridized carbons (Fsp3) is 0.361. The lowest BCUT2D eigenvalue weighted by Gasteiger charge is -2.19. The maximum absolute atomic E-state index is 12.1. The molecule has 6 heteroatoms. The largest absolute Gasteiger partial charge is 0.483 e. The molecule has 6 nitrogen and oxygen atoms in total. The molecule has 1 unspecified atom stereocenters. The van der Waals surface area contributed by atoms with Crippen molar-refractivity contribution in [2.75, 3.05) is 0 Å². The first-order valence-corrected chi connectivity index (χ1v) is 15.0. The van der Waals surface area contributed by atoms with Gasteiger partial charge in [-0.1, -0.05) is 105 Å². The van der Waals surface area contributed by atoms with Crippen LogP contribution in [0.25, 0.3) is 22.5 Å². The second-order valence-corrected chi connectivity index (χ2v) is 10.5. The Morgan fingerprint density at radius 2 is 1.52 bits per heavy atom.